The molecule has 2 aromatic carbocycles. The average molecular weight is 642 g/mol. The molecule has 14 heteroatoms. The zero-order valence-corrected chi connectivity index (χ0v) is 26.5. The van der Waals surface area contributed by atoms with Crippen molar-refractivity contribution in [3.8, 4) is 5.75 Å². The van der Waals surface area contributed by atoms with Crippen molar-refractivity contribution in [2.45, 2.75) is 82.1 Å². The van der Waals surface area contributed by atoms with Crippen molar-refractivity contribution < 1.29 is 38.1 Å². The van der Waals surface area contributed by atoms with Crippen LogP contribution < -0.4 is 15.3 Å². The molecule has 5 rings (SSSR count). The molecule has 3 aliphatic heterocycles. The molecule has 1 saturated heterocycles. The molecule has 0 amide bonds. The minimum absolute atomic E-state index is 0.133. The highest BCUT2D eigenvalue weighted by Gasteiger charge is 2.64. The number of fused-ring (bicyclic) bond motifs is 1. The van der Waals surface area contributed by atoms with Crippen molar-refractivity contribution in [1.82, 2.24) is 10.1 Å². The van der Waals surface area contributed by atoms with Crippen molar-refractivity contribution in [2.75, 3.05) is 6.61 Å². The van der Waals surface area contributed by atoms with Crippen LogP contribution in [-0.2, 0) is 29.8 Å². The van der Waals surface area contributed by atoms with Gasteiger partial charge in [0.05, 0.1) is 23.9 Å². The van der Waals surface area contributed by atoms with Crippen LogP contribution in [-0.4, -0.2) is 81.6 Å². The predicted molar refractivity (Wildman–Crippen MR) is 167 cm³/mol. The Morgan fingerprint density at radius 2 is 1.82 bits per heavy atom. The first-order chi connectivity index (χ1) is 21.3. The Morgan fingerprint density at radius 1 is 1.16 bits per heavy atom. The van der Waals surface area contributed by atoms with E-state index in [2.05, 4.69) is 15.2 Å². The standard InChI is InChI=1S/C31H40N5O8P/c1-20(2)42-29(39)23(17-21-11-7-5-8-12-21)35-45(40,44-22-13-9-6-10-14-22)41-18-25-26(37)27(38)31(4,43-25)30(3)16-15-24-28(32)33-19-34-36(24)30/h5-15,19-20,23,25-27,37-38H,16-18H2,1-4H3,(H,35,40)(H2,32,33,34)/t23-,25+,26+,27+,30?,31+,45?/m0/s1. The zero-order valence-electron chi connectivity index (χ0n) is 25.6. The first-order valence-corrected chi connectivity index (χ1v) is 16.3. The predicted octanol–water partition coefficient (Wildman–Crippen LogP) is 2.88. The number of hydrogen-bond acceptors (Lipinski definition) is 12. The molecule has 3 aliphatic rings. The molecule has 0 saturated carbocycles. The molecule has 0 aliphatic carbocycles. The van der Waals surface area contributed by atoms with E-state index in [-0.39, 0.29) is 18.0 Å². The normalized spacial score (nSPS) is 29.5. The van der Waals surface area contributed by atoms with Gasteiger partial charge >= 0.3 is 13.7 Å². The molecular weight excluding hydrogens is 601 g/mol. The van der Waals surface area contributed by atoms with E-state index in [0.29, 0.717) is 12.1 Å². The number of para-hydroxylation sites is 1. The Hall–Kier alpha value is -3.58. The van der Waals surface area contributed by atoms with E-state index in [9.17, 15) is 19.6 Å². The number of hydrogen-bond donors (Lipinski definition) is 4. The number of aliphatic imine (C=N–C) groups is 1. The average Bonchev–Trinajstić information content (AvgIpc) is 3.48. The van der Waals surface area contributed by atoms with Crippen LogP contribution in [0.25, 0.3) is 0 Å². The number of benzene rings is 2. The highest BCUT2D eigenvalue weighted by molar-refractivity contribution is 7.52. The van der Waals surface area contributed by atoms with Gasteiger partial charge in [-0.15, -0.1) is 0 Å². The summed E-state index contributed by atoms with van der Waals surface area (Å²) in [6, 6.07) is 16.4. The highest BCUT2D eigenvalue weighted by Crippen LogP contribution is 2.51. The second-order valence-corrected chi connectivity index (χ2v) is 13.6. The number of aliphatic hydroxyl groups excluding tert-OH is 2. The molecule has 0 aromatic heterocycles. The molecule has 0 bridgehead atoms. The van der Waals surface area contributed by atoms with Crippen molar-refractivity contribution in [1.29, 1.82) is 0 Å². The topological polar surface area (TPSA) is 178 Å². The fourth-order valence-corrected chi connectivity index (χ4v) is 7.24. The Labute approximate surface area is 262 Å². The van der Waals surface area contributed by atoms with E-state index in [1.807, 2.05) is 43.3 Å². The van der Waals surface area contributed by atoms with Crippen LogP contribution in [0.1, 0.15) is 39.7 Å². The summed E-state index contributed by atoms with van der Waals surface area (Å²) in [5.41, 5.74) is 5.09. The van der Waals surface area contributed by atoms with Crippen molar-refractivity contribution >= 4 is 25.9 Å². The quantitative estimate of drug-likeness (QED) is 0.198. The lowest BCUT2D eigenvalue weighted by molar-refractivity contribution is -0.152. The third-order valence-corrected chi connectivity index (χ3v) is 9.93. The first kappa shape index (κ1) is 32.8. The van der Waals surface area contributed by atoms with Crippen LogP contribution >= 0.6 is 7.75 Å². The van der Waals surface area contributed by atoms with E-state index in [4.69, 9.17) is 24.3 Å². The van der Waals surface area contributed by atoms with E-state index in [0.717, 1.165) is 5.56 Å². The third-order valence-electron chi connectivity index (χ3n) is 8.36. The van der Waals surface area contributed by atoms with Gasteiger partial charge in [-0.25, -0.2) is 9.56 Å². The van der Waals surface area contributed by atoms with Crippen LogP contribution in [0.15, 0.2) is 82.5 Å². The molecule has 13 nitrogen and oxygen atoms in total. The van der Waals surface area contributed by atoms with E-state index in [1.54, 1.807) is 56.1 Å². The van der Waals surface area contributed by atoms with Gasteiger partial charge in [0.25, 0.3) is 0 Å². The highest BCUT2D eigenvalue weighted by atomic mass is 31.2. The number of amidine groups is 1. The number of carbonyl (C=O) groups excluding carboxylic acids is 1. The number of ether oxygens (including phenoxy) is 2. The minimum atomic E-state index is -4.35. The molecule has 0 spiro atoms. The van der Waals surface area contributed by atoms with Gasteiger partial charge in [0.15, 0.2) is 5.84 Å². The molecule has 1 fully saturated rings. The molecule has 2 unspecified atom stereocenters. The van der Waals surface area contributed by atoms with Crippen LogP contribution in [0.3, 0.4) is 0 Å². The Kier molecular flexibility index (Phi) is 9.50. The summed E-state index contributed by atoms with van der Waals surface area (Å²) < 4.78 is 38.0. The molecule has 5 N–H and O–H groups in total. The number of aliphatic hydroxyl groups is 2. The van der Waals surface area contributed by atoms with E-state index >= 15 is 0 Å². The van der Waals surface area contributed by atoms with Gasteiger partial charge in [0.1, 0.15) is 42.0 Å². The van der Waals surface area contributed by atoms with Crippen LogP contribution in [0, 0.1) is 0 Å². The number of esters is 1. The van der Waals surface area contributed by atoms with Gasteiger partial charge in [-0.2, -0.15) is 10.2 Å². The molecule has 242 valence electrons. The second-order valence-electron chi connectivity index (χ2n) is 11.9. The maximum Gasteiger partial charge on any atom is 0.459 e. The second kappa shape index (κ2) is 13.0. The maximum atomic E-state index is 14.4. The molecular formula is C31H40N5O8P. The Bertz CT molecular complexity index is 1510. The van der Waals surface area contributed by atoms with Crippen molar-refractivity contribution in [3.63, 3.8) is 0 Å². The molecule has 3 heterocycles. The molecule has 45 heavy (non-hydrogen) atoms. The van der Waals surface area contributed by atoms with Gasteiger partial charge in [0.2, 0.25) is 0 Å². The fourth-order valence-electron chi connectivity index (χ4n) is 5.74. The summed E-state index contributed by atoms with van der Waals surface area (Å²) in [4.78, 5) is 17.2. The van der Waals surface area contributed by atoms with Gasteiger partial charge < -0.3 is 29.9 Å². The zero-order chi connectivity index (χ0) is 32.4. The number of nitrogens with one attached hydrogen (secondary N) is 1. The summed E-state index contributed by atoms with van der Waals surface area (Å²) >= 11 is 0. The smallest absolute Gasteiger partial charge is 0.459 e. The van der Waals surface area contributed by atoms with Crippen LogP contribution in [0.4, 0.5) is 0 Å². The van der Waals surface area contributed by atoms with Crippen molar-refractivity contribution in [2.24, 2.45) is 15.8 Å². The Morgan fingerprint density at radius 3 is 2.49 bits per heavy atom. The Balaban J connectivity index is 1.38. The minimum Gasteiger partial charge on any atom is -0.462 e. The van der Waals surface area contributed by atoms with Gasteiger partial charge in [-0.3, -0.25) is 14.3 Å². The number of nitrogens with two attached hydrogens (primary N) is 1. The molecule has 7 atom stereocenters. The number of hydrazone groups is 1. The monoisotopic (exact) mass is 641 g/mol. The molecule has 0 radical (unpaired) electrons. The summed E-state index contributed by atoms with van der Waals surface area (Å²) in [5.74, 6) is -0.144. The summed E-state index contributed by atoms with van der Waals surface area (Å²) in [6.45, 7) is 6.49. The lowest BCUT2D eigenvalue weighted by Gasteiger charge is -2.47. The molecule has 2 aromatic rings. The lowest BCUT2D eigenvalue weighted by atomic mass is 9.76. The number of nitrogens with zero attached hydrogens (tertiary/aromatic N) is 3. The summed E-state index contributed by atoms with van der Waals surface area (Å²) in [5, 5.41) is 31.3. The lowest BCUT2D eigenvalue weighted by Crippen LogP contribution is -2.63. The maximum absolute atomic E-state index is 14.4. The van der Waals surface area contributed by atoms with Gasteiger partial charge in [0, 0.05) is 0 Å². The largest absolute Gasteiger partial charge is 0.462 e. The van der Waals surface area contributed by atoms with Gasteiger partial charge in [-0.05, 0) is 58.2 Å². The number of rotatable bonds is 12. The summed E-state index contributed by atoms with van der Waals surface area (Å²) in [7, 11) is -4.35. The van der Waals surface area contributed by atoms with Crippen LogP contribution in [0.2, 0.25) is 0 Å². The summed E-state index contributed by atoms with van der Waals surface area (Å²) in [6.07, 6.45) is -0.672. The van der Waals surface area contributed by atoms with Crippen molar-refractivity contribution in [3.05, 3.63) is 78.0 Å². The fraction of sp³-hybridized carbons (Fsp3) is 0.452. The number of carbonyl (C=O) groups is 1. The van der Waals surface area contributed by atoms with E-state index in [1.165, 1.54) is 6.34 Å². The first-order valence-electron chi connectivity index (χ1n) is 14.8. The van der Waals surface area contributed by atoms with E-state index < -0.39 is 61.9 Å². The third kappa shape index (κ3) is 6.69. The SMILES string of the molecule is CC(C)OC(=O)[C@H](Cc1ccccc1)NP(=O)(OC[C@H]1O[C@@](C)(C2(C)CC=C3C(N)=NC=NN32)[C@H](O)[C@@H]1O)Oc1ccccc1. The van der Waals surface area contributed by atoms with Gasteiger partial charge in [-0.1, -0.05) is 54.6 Å². The van der Waals surface area contributed by atoms with Crippen LogP contribution in [0.5, 0.6) is 5.75 Å².